The van der Waals surface area contributed by atoms with Gasteiger partial charge in [-0.1, -0.05) is 52.0 Å². The zero-order chi connectivity index (χ0) is 21.6. The third-order valence-electron chi connectivity index (χ3n) is 5.96. The summed E-state index contributed by atoms with van der Waals surface area (Å²) in [5.41, 5.74) is 12.4. The molecule has 7 heteroatoms. The minimum atomic E-state index is 0.416. The molecular weight excluding hydrogens is 458 g/mol. The van der Waals surface area contributed by atoms with E-state index in [1.165, 1.54) is 25.1 Å². The number of likely N-dealkylation sites (tertiary alicyclic amines) is 1. The van der Waals surface area contributed by atoms with E-state index in [0.29, 0.717) is 5.41 Å². The molecule has 2 aliphatic rings. The number of hydrazone groups is 1. The Morgan fingerprint density at radius 3 is 2.83 bits per heavy atom. The third-order valence-corrected chi connectivity index (χ3v) is 7.53. The second kappa shape index (κ2) is 10.6. The van der Waals surface area contributed by atoms with Crippen LogP contribution < -0.4 is 11.2 Å². The number of piperidine rings is 1. The Kier molecular flexibility index (Phi) is 8.20. The van der Waals surface area contributed by atoms with Crippen LogP contribution in [0.15, 0.2) is 62.8 Å². The lowest BCUT2D eigenvalue weighted by Crippen LogP contribution is -2.28. The fraction of sp³-hybridized carbons (Fsp3) is 0.478. The van der Waals surface area contributed by atoms with Gasteiger partial charge in [0, 0.05) is 47.6 Å². The SMILES string of the molecule is C\C=C/C(=C\N)C(/C)=N/NC(=NC)SCCCN1CC2CC2(c2ccc(Br)cc2)C1. The molecule has 0 spiro atoms. The van der Waals surface area contributed by atoms with Crippen LogP contribution in [0.4, 0.5) is 0 Å². The second-order valence-corrected chi connectivity index (χ2v) is 9.96. The number of nitrogens with zero attached hydrogens (tertiary/aromatic N) is 3. The summed E-state index contributed by atoms with van der Waals surface area (Å²) in [7, 11) is 1.79. The molecule has 162 valence electrons. The fourth-order valence-corrected chi connectivity index (χ4v) is 5.23. The van der Waals surface area contributed by atoms with Crippen molar-refractivity contribution in [2.45, 2.75) is 32.1 Å². The molecule has 2 atom stereocenters. The zero-order valence-electron chi connectivity index (χ0n) is 18.1. The van der Waals surface area contributed by atoms with Gasteiger partial charge in [0.05, 0.1) is 5.71 Å². The number of fused-ring (bicyclic) bond motifs is 1. The van der Waals surface area contributed by atoms with Crippen molar-refractivity contribution in [3.63, 3.8) is 0 Å². The van der Waals surface area contributed by atoms with Gasteiger partial charge >= 0.3 is 0 Å². The summed E-state index contributed by atoms with van der Waals surface area (Å²) < 4.78 is 1.16. The molecule has 2 fully saturated rings. The number of hydrogen-bond acceptors (Lipinski definition) is 5. The Hall–Kier alpha value is -1.57. The normalized spacial score (nSPS) is 25.1. The first-order valence-electron chi connectivity index (χ1n) is 10.5. The lowest BCUT2D eigenvalue weighted by molar-refractivity contribution is 0.299. The van der Waals surface area contributed by atoms with E-state index in [9.17, 15) is 0 Å². The molecule has 0 radical (unpaired) electrons. The largest absolute Gasteiger partial charge is 0.404 e. The van der Waals surface area contributed by atoms with Crippen LogP contribution in [0, 0.1) is 5.92 Å². The van der Waals surface area contributed by atoms with Crippen molar-refractivity contribution in [1.29, 1.82) is 0 Å². The number of thioether (sulfide) groups is 1. The van der Waals surface area contributed by atoms with E-state index in [4.69, 9.17) is 5.73 Å². The van der Waals surface area contributed by atoms with Gasteiger partial charge in [-0.25, -0.2) is 0 Å². The summed E-state index contributed by atoms with van der Waals surface area (Å²) in [5.74, 6) is 1.86. The van der Waals surface area contributed by atoms with Crippen LogP contribution in [0.3, 0.4) is 0 Å². The highest BCUT2D eigenvalue weighted by atomic mass is 79.9. The Balaban J connectivity index is 1.40. The van der Waals surface area contributed by atoms with Gasteiger partial charge in [-0.3, -0.25) is 10.4 Å². The number of hydrogen-bond donors (Lipinski definition) is 2. The maximum absolute atomic E-state index is 5.66. The van der Waals surface area contributed by atoms with Crippen molar-refractivity contribution in [3.05, 3.63) is 58.2 Å². The van der Waals surface area contributed by atoms with Crippen LogP contribution in [0.25, 0.3) is 0 Å². The molecule has 3 rings (SSSR count). The van der Waals surface area contributed by atoms with Crippen molar-refractivity contribution >= 4 is 38.6 Å². The zero-order valence-corrected chi connectivity index (χ0v) is 20.5. The number of amidine groups is 1. The number of nitrogens with one attached hydrogen (secondary N) is 1. The molecule has 1 aromatic carbocycles. The molecule has 0 amide bonds. The number of rotatable bonds is 8. The Bertz CT molecular complexity index is 846. The van der Waals surface area contributed by atoms with Gasteiger partial charge in [0.25, 0.3) is 0 Å². The van der Waals surface area contributed by atoms with Crippen LogP contribution in [0.1, 0.15) is 32.3 Å². The van der Waals surface area contributed by atoms with Gasteiger partial charge in [-0.15, -0.1) is 0 Å². The molecule has 1 saturated carbocycles. The number of halogens is 1. The summed E-state index contributed by atoms with van der Waals surface area (Å²) in [4.78, 5) is 6.94. The van der Waals surface area contributed by atoms with Gasteiger partial charge in [0.1, 0.15) is 0 Å². The molecular formula is C23H32BrN5S. The smallest absolute Gasteiger partial charge is 0.176 e. The summed E-state index contributed by atoms with van der Waals surface area (Å²) in [6, 6.07) is 8.94. The van der Waals surface area contributed by atoms with Gasteiger partial charge in [0.2, 0.25) is 0 Å². The summed E-state index contributed by atoms with van der Waals surface area (Å²) in [6.45, 7) is 7.46. The van der Waals surface area contributed by atoms with Gasteiger partial charge in [-0.05, 0) is 56.8 Å². The molecule has 1 saturated heterocycles. The highest BCUT2D eigenvalue weighted by molar-refractivity contribution is 9.10. The van der Waals surface area contributed by atoms with Crippen LogP contribution in [-0.2, 0) is 5.41 Å². The molecule has 3 N–H and O–H groups in total. The van der Waals surface area contributed by atoms with Crippen LogP contribution in [0.5, 0.6) is 0 Å². The molecule has 1 aromatic rings. The van der Waals surface area contributed by atoms with Crippen LogP contribution in [0.2, 0.25) is 0 Å². The fourth-order valence-electron chi connectivity index (χ4n) is 4.26. The lowest BCUT2D eigenvalue weighted by Gasteiger charge is -2.21. The van der Waals surface area contributed by atoms with E-state index in [1.54, 1.807) is 25.0 Å². The number of nitrogens with two attached hydrogens (primary N) is 1. The molecule has 0 aromatic heterocycles. The van der Waals surface area contributed by atoms with Crippen molar-refractivity contribution in [2.24, 2.45) is 21.7 Å². The lowest BCUT2D eigenvalue weighted by atomic mass is 9.95. The summed E-state index contributed by atoms with van der Waals surface area (Å²) in [6.07, 6.45) is 7.95. The minimum Gasteiger partial charge on any atom is -0.404 e. The summed E-state index contributed by atoms with van der Waals surface area (Å²) in [5, 5.41) is 5.24. The average Bonchev–Trinajstić information content (AvgIpc) is 3.32. The van der Waals surface area contributed by atoms with Crippen LogP contribution in [-0.4, -0.2) is 48.2 Å². The third kappa shape index (κ3) is 5.56. The molecule has 5 nitrogen and oxygen atoms in total. The first-order chi connectivity index (χ1) is 14.5. The highest BCUT2D eigenvalue weighted by Gasteiger charge is 2.60. The van der Waals surface area contributed by atoms with Crippen molar-refractivity contribution in [1.82, 2.24) is 10.3 Å². The topological polar surface area (TPSA) is 66.0 Å². The van der Waals surface area contributed by atoms with E-state index in [-0.39, 0.29) is 0 Å². The number of aliphatic imine (C=N–C) groups is 1. The number of benzene rings is 1. The Morgan fingerprint density at radius 1 is 1.40 bits per heavy atom. The van der Waals surface area contributed by atoms with Crippen molar-refractivity contribution < 1.29 is 0 Å². The van der Waals surface area contributed by atoms with E-state index in [2.05, 4.69) is 60.6 Å². The van der Waals surface area contributed by atoms with Gasteiger partial charge < -0.3 is 10.6 Å². The average molecular weight is 491 g/mol. The first kappa shape index (κ1) is 23.1. The molecule has 0 bridgehead atoms. The quantitative estimate of drug-likeness (QED) is 0.185. The number of allylic oxidation sites excluding steroid dienone is 3. The molecule has 1 aliphatic carbocycles. The van der Waals surface area contributed by atoms with Gasteiger partial charge in [-0.2, -0.15) is 5.10 Å². The molecule has 1 heterocycles. The van der Waals surface area contributed by atoms with Crippen molar-refractivity contribution in [3.8, 4) is 0 Å². The van der Waals surface area contributed by atoms with E-state index in [1.807, 2.05) is 26.0 Å². The first-order valence-corrected chi connectivity index (χ1v) is 12.2. The van der Waals surface area contributed by atoms with E-state index in [0.717, 1.165) is 45.6 Å². The molecule has 2 unspecified atom stereocenters. The predicted octanol–water partition coefficient (Wildman–Crippen LogP) is 4.52. The van der Waals surface area contributed by atoms with Gasteiger partial charge in [0.15, 0.2) is 5.17 Å². The second-order valence-electron chi connectivity index (χ2n) is 7.96. The maximum atomic E-state index is 5.66. The standard InChI is InChI=1S/C23H32BrN5S/c1-4-6-18(14-25)17(2)27-28-22(26-3)30-12-5-11-29-15-20-13-23(20,16-29)19-7-9-21(24)10-8-19/h4,6-10,14,20H,5,11-13,15-16,25H2,1-3H3,(H,26,28)/b6-4-,18-14+,27-17+. The summed E-state index contributed by atoms with van der Waals surface area (Å²) >= 11 is 5.27. The predicted molar refractivity (Wildman–Crippen MR) is 134 cm³/mol. The van der Waals surface area contributed by atoms with Crippen molar-refractivity contribution in [2.75, 3.05) is 32.4 Å². The highest BCUT2D eigenvalue weighted by Crippen LogP contribution is 2.59. The molecule has 1 aliphatic heterocycles. The minimum absolute atomic E-state index is 0.416. The van der Waals surface area contributed by atoms with E-state index >= 15 is 0 Å². The maximum Gasteiger partial charge on any atom is 0.176 e. The Morgan fingerprint density at radius 2 is 2.17 bits per heavy atom. The monoisotopic (exact) mass is 489 g/mol. The van der Waals surface area contributed by atoms with Crippen LogP contribution >= 0.6 is 27.7 Å². The molecule has 30 heavy (non-hydrogen) atoms. The van der Waals surface area contributed by atoms with E-state index < -0.39 is 0 Å². The Labute approximate surface area is 193 Å².